The maximum absolute atomic E-state index is 12.5. The fraction of sp³-hybridized carbons (Fsp3) is 0.200. The molecule has 0 aliphatic heterocycles. The summed E-state index contributed by atoms with van der Waals surface area (Å²) in [4.78, 5) is 15.1. The number of pyridine rings is 1. The fourth-order valence-electron chi connectivity index (χ4n) is 1.40. The van der Waals surface area contributed by atoms with Gasteiger partial charge in [-0.15, -0.1) is 0 Å². The number of fused-ring (bicyclic) bond motifs is 1. The first-order valence-corrected chi connectivity index (χ1v) is 4.56. The van der Waals surface area contributed by atoms with E-state index < -0.39 is 17.7 Å². The zero-order valence-electron chi connectivity index (χ0n) is 8.65. The van der Waals surface area contributed by atoms with Crippen LogP contribution in [0.25, 0.3) is 5.65 Å². The molecule has 7 heteroatoms. The van der Waals surface area contributed by atoms with E-state index in [-0.39, 0.29) is 11.3 Å². The highest BCUT2D eigenvalue weighted by Gasteiger charge is 2.31. The summed E-state index contributed by atoms with van der Waals surface area (Å²) < 4.78 is 43.0. The van der Waals surface area contributed by atoms with Crippen molar-refractivity contribution in [1.29, 1.82) is 0 Å². The summed E-state index contributed by atoms with van der Waals surface area (Å²) in [6.07, 6.45) is -2.48. The molecule has 0 fully saturated rings. The molecule has 0 N–H and O–H groups in total. The first-order valence-electron chi connectivity index (χ1n) is 4.56. The van der Waals surface area contributed by atoms with Gasteiger partial charge in [-0.2, -0.15) is 13.2 Å². The van der Waals surface area contributed by atoms with Gasteiger partial charge in [0.05, 0.1) is 18.9 Å². The number of carbonyl (C=O) groups is 1. The second kappa shape index (κ2) is 3.76. The maximum Gasteiger partial charge on any atom is 0.417 e. The minimum Gasteiger partial charge on any atom is -0.464 e. The van der Waals surface area contributed by atoms with Crippen LogP contribution in [-0.2, 0) is 10.9 Å². The molecule has 0 aliphatic rings. The van der Waals surface area contributed by atoms with E-state index in [0.29, 0.717) is 0 Å². The van der Waals surface area contributed by atoms with Crippen molar-refractivity contribution in [2.24, 2.45) is 0 Å². The Kier molecular flexibility index (Phi) is 2.53. The number of methoxy groups -OCH3 is 1. The number of aromatic nitrogens is 2. The molecule has 0 amide bonds. The zero-order chi connectivity index (χ0) is 12.6. The molecule has 2 aromatic heterocycles. The number of alkyl halides is 3. The lowest BCUT2D eigenvalue weighted by atomic mass is 10.3. The van der Waals surface area contributed by atoms with Gasteiger partial charge >= 0.3 is 12.1 Å². The van der Waals surface area contributed by atoms with Crippen LogP contribution < -0.4 is 0 Å². The number of imidazole rings is 1. The van der Waals surface area contributed by atoms with E-state index >= 15 is 0 Å². The Morgan fingerprint density at radius 2 is 2.12 bits per heavy atom. The number of nitrogens with zero attached hydrogens (tertiary/aromatic N) is 2. The lowest BCUT2D eigenvalue weighted by Gasteiger charge is -2.07. The average Bonchev–Trinajstić information content (AvgIpc) is 2.69. The van der Waals surface area contributed by atoms with Crippen LogP contribution in [0.3, 0.4) is 0 Å². The number of carbonyl (C=O) groups excluding carboxylic acids is 1. The van der Waals surface area contributed by atoms with E-state index in [1.165, 1.54) is 12.3 Å². The summed E-state index contributed by atoms with van der Waals surface area (Å²) in [5, 5.41) is 0. The third kappa shape index (κ3) is 1.95. The van der Waals surface area contributed by atoms with Gasteiger partial charge in [-0.1, -0.05) is 0 Å². The molecular weight excluding hydrogens is 237 g/mol. The quantitative estimate of drug-likeness (QED) is 0.722. The number of ether oxygens (including phenoxy) is 1. The predicted molar refractivity (Wildman–Crippen MR) is 51.5 cm³/mol. The van der Waals surface area contributed by atoms with Crippen molar-refractivity contribution in [2.45, 2.75) is 6.18 Å². The van der Waals surface area contributed by atoms with Crippen molar-refractivity contribution in [3.63, 3.8) is 0 Å². The monoisotopic (exact) mass is 244 g/mol. The Morgan fingerprint density at radius 3 is 2.71 bits per heavy atom. The smallest absolute Gasteiger partial charge is 0.417 e. The Bertz CT molecular complexity index is 574. The summed E-state index contributed by atoms with van der Waals surface area (Å²) in [6, 6.07) is 2.10. The normalized spacial score (nSPS) is 11.8. The molecule has 0 unspecified atom stereocenters. The van der Waals surface area contributed by atoms with E-state index in [4.69, 9.17) is 0 Å². The van der Waals surface area contributed by atoms with E-state index in [2.05, 4.69) is 9.72 Å². The maximum atomic E-state index is 12.5. The summed E-state index contributed by atoms with van der Waals surface area (Å²) in [7, 11) is 1.15. The number of halogens is 3. The van der Waals surface area contributed by atoms with Gasteiger partial charge in [0.15, 0.2) is 5.69 Å². The first-order chi connectivity index (χ1) is 7.93. The SMILES string of the molecule is COC(=O)c1cnc2ccc(C(F)(F)F)cn12. The van der Waals surface area contributed by atoms with Gasteiger partial charge in [-0.25, -0.2) is 9.78 Å². The van der Waals surface area contributed by atoms with Crippen molar-refractivity contribution >= 4 is 11.6 Å². The van der Waals surface area contributed by atoms with Crippen LogP contribution in [0.1, 0.15) is 16.1 Å². The third-order valence-corrected chi connectivity index (χ3v) is 2.23. The molecule has 0 bridgehead atoms. The van der Waals surface area contributed by atoms with E-state index in [9.17, 15) is 18.0 Å². The summed E-state index contributed by atoms with van der Waals surface area (Å²) in [6.45, 7) is 0. The molecule has 2 heterocycles. The highest BCUT2D eigenvalue weighted by Crippen LogP contribution is 2.29. The van der Waals surface area contributed by atoms with Crippen molar-refractivity contribution < 1.29 is 22.7 Å². The Labute approximate surface area is 93.6 Å². The molecule has 2 aromatic rings. The van der Waals surface area contributed by atoms with Gasteiger partial charge in [-0.3, -0.25) is 4.40 Å². The molecule has 0 aliphatic carbocycles. The predicted octanol–water partition coefficient (Wildman–Crippen LogP) is 2.14. The Balaban J connectivity index is 2.62. The van der Waals surface area contributed by atoms with Crippen molar-refractivity contribution in [3.8, 4) is 0 Å². The molecule has 0 spiro atoms. The summed E-state index contributed by atoms with van der Waals surface area (Å²) >= 11 is 0. The van der Waals surface area contributed by atoms with Crippen molar-refractivity contribution in [3.05, 3.63) is 35.8 Å². The van der Waals surface area contributed by atoms with Gasteiger partial charge < -0.3 is 4.74 Å². The fourth-order valence-corrected chi connectivity index (χ4v) is 1.40. The van der Waals surface area contributed by atoms with Crippen LogP contribution in [0.4, 0.5) is 13.2 Å². The molecular formula is C10H7F3N2O2. The summed E-state index contributed by atoms with van der Waals surface area (Å²) in [5.74, 6) is -0.739. The van der Waals surface area contributed by atoms with Gasteiger partial charge in [0.2, 0.25) is 0 Å². The van der Waals surface area contributed by atoms with Gasteiger partial charge in [0, 0.05) is 6.20 Å². The number of hydrogen-bond donors (Lipinski definition) is 0. The van der Waals surface area contributed by atoms with Gasteiger partial charge in [-0.05, 0) is 12.1 Å². The second-order valence-corrected chi connectivity index (χ2v) is 3.28. The summed E-state index contributed by atoms with van der Waals surface area (Å²) in [5.41, 5.74) is -0.653. The molecule has 0 saturated carbocycles. The Morgan fingerprint density at radius 1 is 1.41 bits per heavy atom. The molecule has 90 valence electrons. The Hall–Kier alpha value is -2.05. The van der Waals surface area contributed by atoms with Crippen molar-refractivity contribution in [1.82, 2.24) is 9.38 Å². The first kappa shape index (κ1) is 11.4. The lowest BCUT2D eigenvalue weighted by molar-refractivity contribution is -0.137. The van der Waals surface area contributed by atoms with Crippen LogP contribution in [0, 0.1) is 0 Å². The second-order valence-electron chi connectivity index (χ2n) is 3.28. The largest absolute Gasteiger partial charge is 0.464 e. The third-order valence-electron chi connectivity index (χ3n) is 2.23. The van der Waals surface area contributed by atoms with Crippen LogP contribution in [0.2, 0.25) is 0 Å². The molecule has 0 aromatic carbocycles. The van der Waals surface area contributed by atoms with Crippen LogP contribution in [0.5, 0.6) is 0 Å². The number of hydrogen-bond acceptors (Lipinski definition) is 3. The van der Waals surface area contributed by atoms with Gasteiger partial charge in [0.1, 0.15) is 5.65 Å². The minimum absolute atomic E-state index is 0.0476. The van der Waals surface area contributed by atoms with Crippen LogP contribution in [-0.4, -0.2) is 22.5 Å². The van der Waals surface area contributed by atoms with E-state index in [0.717, 1.165) is 23.8 Å². The molecule has 0 radical (unpaired) electrons. The van der Waals surface area contributed by atoms with Crippen LogP contribution >= 0.6 is 0 Å². The van der Waals surface area contributed by atoms with E-state index in [1.54, 1.807) is 0 Å². The highest BCUT2D eigenvalue weighted by molar-refractivity contribution is 5.88. The zero-order valence-corrected chi connectivity index (χ0v) is 8.65. The minimum atomic E-state index is -4.47. The molecule has 4 nitrogen and oxygen atoms in total. The van der Waals surface area contributed by atoms with Gasteiger partial charge in [0.25, 0.3) is 0 Å². The molecule has 2 rings (SSSR count). The van der Waals surface area contributed by atoms with E-state index in [1.807, 2.05) is 0 Å². The standard InChI is InChI=1S/C10H7F3N2O2/c1-17-9(16)7-4-14-8-3-2-6(5-15(7)8)10(11,12)13/h2-5H,1H3. The van der Waals surface area contributed by atoms with Crippen LogP contribution in [0.15, 0.2) is 24.5 Å². The molecule has 0 atom stereocenters. The average molecular weight is 244 g/mol. The molecule has 17 heavy (non-hydrogen) atoms. The molecule has 0 saturated heterocycles. The number of esters is 1. The van der Waals surface area contributed by atoms with Crippen molar-refractivity contribution in [2.75, 3.05) is 7.11 Å². The highest BCUT2D eigenvalue weighted by atomic mass is 19.4. The lowest BCUT2D eigenvalue weighted by Crippen LogP contribution is -2.09. The topological polar surface area (TPSA) is 43.6 Å². The number of rotatable bonds is 1.